The average molecular weight is 716 g/mol. The smallest absolute Gasteiger partial charge is 0.418 e. The zero-order valence-electron chi connectivity index (χ0n) is 28.7. The molecule has 18 heteroatoms. The summed E-state index contributed by atoms with van der Waals surface area (Å²) in [6.07, 6.45) is 3.45. The van der Waals surface area contributed by atoms with Crippen LogP contribution in [0.2, 0.25) is 0 Å². The third kappa shape index (κ3) is 9.74. The fourth-order valence-corrected chi connectivity index (χ4v) is 4.90. The first-order valence-corrected chi connectivity index (χ1v) is 15.6. The van der Waals surface area contributed by atoms with Crippen molar-refractivity contribution in [2.75, 3.05) is 18.5 Å². The number of aromatic nitrogens is 6. The van der Waals surface area contributed by atoms with Crippen LogP contribution in [-0.4, -0.2) is 67.2 Å². The Morgan fingerprint density at radius 1 is 1.10 bits per heavy atom. The molecule has 0 aliphatic carbocycles. The molecule has 2 amide bonds. The molecule has 0 spiro atoms. The van der Waals surface area contributed by atoms with Crippen molar-refractivity contribution in [2.45, 2.75) is 71.1 Å². The van der Waals surface area contributed by atoms with Crippen LogP contribution in [0.1, 0.15) is 63.6 Å². The summed E-state index contributed by atoms with van der Waals surface area (Å²) in [5, 5.41) is 18.4. The summed E-state index contributed by atoms with van der Waals surface area (Å²) in [4.78, 5) is 50.1. The Kier molecular flexibility index (Phi) is 11.9. The quantitative estimate of drug-likeness (QED) is 0.124. The van der Waals surface area contributed by atoms with Crippen molar-refractivity contribution in [3.8, 4) is 0 Å². The lowest BCUT2D eigenvalue weighted by Gasteiger charge is -2.32. The molecule has 3 atom stereocenters. The van der Waals surface area contributed by atoms with Gasteiger partial charge in [0.15, 0.2) is 5.82 Å². The molecule has 3 aromatic heterocycles. The van der Waals surface area contributed by atoms with E-state index in [2.05, 4.69) is 25.4 Å². The number of nitrogens with zero attached hydrogens (tertiary/aromatic N) is 7. The van der Waals surface area contributed by atoms with Crippen LogP contribution in [-0.2, 0) is 37.8 Å². The molecule has 0 fully saturated rings. The van der Waals surface area contributed by atoms with Crippen LogP contribution < -0.4 is 14.8 Å². The number of anilines is 1. The van der Waals surface area contributed by atoms with Crippen molar-refractivity contribution < 1.29 is 51.4 Å². The van der Waals surface area contributed by atoms with E-state index in [-0.39, 0.29) is 23.7 Å². The van der Waals surface area contributed by atoms with E-state index in [0.717, 1.165) is 29.6 Å². The molecule has 0 bridgehead atoms. The number of hydrogen-bond acceptors (Lipinski definition) is 11. The number of amides is 2. The maximum absolute atomic E-state index is 15.1. The summed E-state index contributed by atoms with van der Waals surface area (Å²) < 4.78 is 62.1. The second-order valence-electron chi connectivity index (χ2n) is 12.5. The van der Waals surface area contributed by atoms with Crippen LogP contribution in [0.25, 0.3) is 0 Å². The third-order valence-corrected chi connectivity index (χ3v) is 7.54. The van der Waals surface area contributed by atoms with E-state index >= 15 is 4.39 Å². The van der Waals surface area contributed by atoms with Crippen LogP contribution in [0.4, 0.5) is 28.6 Å². The normalized spacial score (nSPS) is 13.8. The maximum Gasteiger partial charge on any atom is 0.418 e. The number of pyridine rings is 1. The molecule has 1 unspecified atom stereocenters. The monoisotopic (exact) mass is 715 g/mol. The summed E-state index contributed by atoms with van der Waals surface area (Å²) >= 11 is 0. The predicted molar refractivity (Wildman–Crippen MR) is 171 cm³/mol. The van der Waals surface area contributed by atoms with Gasteiger partial charge < -0.3 is 24.6 Å². The molecule has 3 heterocycles. The Bertz CT molecular complexity index is 1870. The number of carbonyl (C=O) groups is 3. The molecule has 0 saturated heterocycles. The van der Waals surface area contributed by atoms with E-state index in [1.807, 2.05) is 0 Å². The lowest BCUT2D eigenvalue weighted by Crippen LogP contribution is -2.42. The van der Waals surface area contributed by atoms with Gasteiger partial charge in [0.1, 0.15) is 54.7 Å². The Labute approximate surface area is 291 Å². The summed E-state index contributed by atoms with van der Waals surface area (Å²) in [5.74, 6) is -4.58. The molecule has 0 radical (unpaired) electrons. The first-order valence-electron chi connectivity index (χ1n) is 15.6. The number of nitrogens with one attached hydrogen (secondary N) is 1. The Morgan fingerprint density at radius 3 is 2.53 bits per heavy atom. The summed E-state index contributed by atoms with van der Waals surface area (Å²) in [6.45, 7) is 6.83. The fraction of sp³-hybridized carbons (Fsp3) is 0.394. The number of benzene rings is 1. The lowest BCUT2D eigenvalue weighted by atomic mass is 9.79. The minimum absolute atomic E-state index is 0.126. The van der Waals surface area contributed by atoms with Crippen molar-refractivity contribution in [3.05, 3.63) is 96.0 Å². The molecule has 272 valence electrons. The Hall–Kier alpha value is -5.65. The SMILES string of the molecule is CC(OC(=O)N(C)c1ncccc1COC(=O)CNC(=O)OC(C)(C)C)[n+]1cnn(C[C@](O)(c2ccc(F)cc2F)[C@@H](C)c2ncncc2F)c1. The summed E-state index contributed by atoms with van der Waals surface area (Å²) in [7, 11) is 1.39. The molecule has 4 rings (SSSR count). The summed E-state index contributed by atoms with van der Waals surface area (Å²) in [6, 6.07) is 5.80. The zero-order chi connectivity index (χ0) is 37.5. The molecule has 4 aromatic rings. The minimum atomic E-state index is -2.19. The van der Waals surface area contributed by atoms with Crippen molar-refractivity contribution >= 4 is 24.0 Å². The highest BCUT2D eigenvalue weighted by atomic mass is 19.1. The largest absolute Gasteiger partial charge is 0.459 e. The lowest BCUT2D eigenvalue weighted by molar-refractivity contribution is -0.753. The number of hydrogen-bond donors (Lipinski definition) is 2. The van der Waals surface area contributed by atoms with Gasteiger partial charge in [-0.1, -0.05) is 19.1 Å². The molecule has 15 nitrogen and oxygen atoms in total. The molecule has 2 N–H and O–H groups in total. The van der Waals surface area contributed by atoms with Gasteiger partial charge in [-0.15, -0.1) is 4.68 Å². The van der Waals surface area contributed by atoms with Gasteiger partial charge >= 0.3 is 18.2 Å². The highest BCUT2D eigenvalue weighted by Gasteiger charge is 2.44. The van der Waals surface area contributed by atoms with Gasteiger partial charge in [-0.3, -0.25) is 9.69 Å². The van der Waals surface area contributed by atoms with Crippen molar-refractivity contribution in [3.63, 3.8) is 0 Å². The molecule has 0 saturated carbocycles. The highest BCUT2D eigenvalue weighted by molar-refractivity contribution is 5.86. The number of carbonyl (C=O) groups excluding carboxylic acids is 3. The van der Waals surface area contributed by atoms with Gasteiger partial charge in [0.2, 0.25) is 12.6 Å². The minimum Gasteiger partial charge on any atom is -0.459 e. The Morgan fingerprint density at radius 2 is 1.84 bits per heavy atom. The highest BCUT2D eigenvalue weighted by Crippen LogP contribution is 2.39. The van der Waals surface area contributed by atoms with E-state index in [4.69, 9.17) is 14.2 Å². The van der Waals surface area contributed by atoms with E-state index in [1.165, 1.54) is 49.0 Å². The van der Waals surface area contributed by atoms with E-state index in [9.17, 15) is 28.3 Å². The van der Waals surface area contributed by atoms with Crippen molar-refractivity contribution in [2.24, 2.45) is 0 Å². The Balaban J connectivity index is 1.44. The first-order chi connectivity index (χ1) is 24.0. The molecule has 51 heavy (non-hydrogen) atoms. The fourth-order valence-electron chi connectivity index (χ4n) is 4.90. The molecule has 1 aromatic carbocycles. The zero-order valence-corrected chi connectivity index (χ0v) is 28.7. The van der Waals surface area contributed by atoms with E-state index < -0.39 is 72.0 Å². The molecule has 0 aliphatic rings. The van der Waals surface area contributed by atoms with Crippen LogP contribution in [0.5, 0.6) is 0 Å². The predicted octanol–water partition coefficient (Wildman–Crippen LogP) is 3.82. The number of aliphatic hydroxyl groups is 1. The van der Waals surface area contributed by atoms with Crippen LogP contribution in [0.15, 0.2) is 61.7 Å². The average Bonchev–Trinajstić information content (AvgIpc) is 3.53. The van der Waals surface area contributed by atoms with Gasteiger partial charge in [0, 0.05) is 48.4 Å². The second kappa shape index (κ2) is 15.9. The molecular formula is C33H38F3N8O7+. The van der Waals surface area contributed by atoms with Crippen LogP contribution >= 0.6 is 0 Å². The standard InChI is InChI=1S/C33H37F3N8O7/c1-20(28-26(36)13-37-17-40-28)33(48,24-10-9-23(34)12-25(24)35)16-44-19-43(18-41-44)21(2)50-31(47)42(6)29-22(8-7-11-38-29)15-49-27(45)14-39-30(46)51-32(3,4)5/h7-13,17-21,48H,14-16H2,1-6H3/p+1/t20-,21?,33+/m0/s1. The van der Waals surface area contributed by atoms with Crippen molar-refractivity contribution in [1.82, 2.24) is 30.0 Å². The number of ether oxygens (including phenoxy) is 3. The van der Waals surface area contributed by atoms with Gasteiger partial charge in [-0.25, -0.2) is 37.7 Å². The number of halogens is 3. The number of alkyl carbamates (subject to hydrolysis) is 1. The topological polar surface area (TPSA) is 175 Å². The second-order valence-corrected chi connectivity index (χ2v) is 12.5. The van der Waals surface area contributed by atoms with E-state index in [1.54, 1.807) is 32.9 Å². The van der Waals surface area contributed by atoms with E-state index in [0.29, 0.717) is 11.6 Å². The first kappa shape index (κ1) is 38.2. The van der Waals surface area contributed by atoms with Crippen molar-refractivity contribution in [1.29, 1.82) is 0 Å². The van der Waals surface area contributed by atoms with Gasteiger partial charge in [0.25, 0.3) is 6.33 Å². The third-order valence-electron chi connectivity index (χ3n) is 7.54. The maximum atomic E-state index is 15.1. The van der Waals surface area contributed by atoms with Crippen LogP contribution in [0, 0.1) is 17.5 Å². The summed E-state index contributed by atoms with van der Waals surface area (Å²) in [5.41, 5.74) is -3.11. The van der Waals surface area contributed by atoms with Gasteiger partial charge in [-0.05, 0) is 32.9 Å². The number of esters is 1. The van der Waals surface area contributed by atoms with Gasteiger partial charge in [0.05, 0.1) is 11.9 Å². The molecular weight excluding hydrogens is 677 g/mol. The number of rotatable bonds is 12. The van der Waals surface area contributed by atoms with Crippen LogP contribution in [0.3, 0.4) is 0 Å². The van der Waals surface area contributed by atoms with Gasteiger partial charge in [-0.2, -0.15) is 4.57 Å². The molecule has 0 aliphatic heterocycles.